The molecule has 0 saturated carbocycles. The Kier molecular flexibility index (Phi) is 18.4. The Balaban J connectivity index is 1.16. The Morgan fingerprint density at radius 1 is 0.484 bits per heavy atom. The minimum atomic E-state index is -3.66. The van der Waals surface area contributed by atoms with Crippen LogP contribution in [-0.4, -0.2) is 110 Å². The van der Waals surface area contributed by atoms with E-state index in [-0.39, 0.29) is 87.1 Å². The second-order valence-corrected chi connectivity index (χ2v) is 16.3. The standard InChI is InChI=1S/C40H50N4O16S2/c1-51-31-9-13-35(53-3)27(21-31)25-59-37-23-29(7-11-33(37)43-61(5,47)48)41-39(45)57-19-17-55-15-16-56-18-20-58-40(46)42-30-8-12-34(44-62(6,49)50)38(24-30)60-26-28-22-32(52-2)10-14-36(28)54-4/h7-14,21-24,43-44H,15-20,25-26H2,1-6H3,(H,41,45)(H,42,46). The number of sulfonamides is 2. The van der Waals surface area contributed by atoms with Crippen molar-refractivity contribution in [2.24, 2.45) is 0 Å². The normalized spacial score (nSPS) is 11.1. The maximum absolute atomic E-state index is 12.5. The minimum absolute atomic E-state index is 0.0114. The molecule has 0 atom stereocenters. The number of carbonyl (C=O) groups is 2. The van der Waals surface area contributed by atoms with Crippen LogP contribution in [-0.2, 0) is 52.2 Å². The number of methoxy groups -OCH3 is 4. The number of ether oxygens (including phenoxy) is 10. The molecule has 4 rings (SSSR count). The van der Waals surface area contributed by atoms with Crippen molar-refractivity contribution in [2.75, 3.05) is 101 Å². The van der Waals surface area contributed by atoms with Crippen LogP contribution < -0.4 is 48.5 Å². The first kappa shape index (κ1) is 48.3. The summed E-state index contributed by atoms with van der Waals surface area (Å²) in [7, 11) is -1.26. The van der Waals surface area contributed by atoms with E-state index in [9.17, 15) is 26.4 Å². The van der Waals surface area contributed by atoms with E-state index in [4.69, 9.17) is 47.4 Å². The fourth-order valence-corrected chi connectivity index (χ4v) is 6.46. The summed E-state index contributed by atoms with van der Waals surface area (Å²) in [5.41, 5.74) is 2.11. The molecular formula is C40H50N4O16S2. The van der Waals surface area contributed by atoms with Gasteiger partial charge in [-0.3, -0.25) is 20.1 Å². The number of carbonyl (C=O) groups excluding carboxylic acids is 2. The number of benzene rings is 4. The van der Waals surface area contributed by atoms with Gasteiger partial charge in [-0.2, -0.15) is 0 Å². The largest absolute Gasteiger partial charge is 0.497 e. The molecule has 0 spiro atoms. The van der Waals surface area contributed by atoms with Crippen LogP contribution in [0.3, 0.4) is 0 Å². The summed E-state index contributed by atoms with van der Waals surface area (Å²) in [4.78, 5) is 24.9. The average molecular weight is 907 g/mol. The van der Waals surface area contributed by atoms with E-state index >= 15 is 0 Å². The van der Waals surface area contributed by atoms with Crippen molar-refractivity contribution < 1.29 is 73.8 Å². The number of rotatable bonds is 25. The van der Waals surface area contributed by atoms with Crippen LogP contribution in [0, 0.1) is 0 Å². The third kappa shape index (κ3) is 16.6. The van der Waals surface area contributed by atoms with E-state index in [1.54, 1.807) is 36.4 Å². The highest BCUT2D eigenvalue weighted by molar-refractivity contribution is 7.92. The van der Waals surface area contributed by atoms with Crippen LogP contribution >= 0.6 is 0 Å². The molecule has 0 bridgehead atoms. The predicted octanol–water partition coefficient (Wildman–Crippen LogP) is 5.45. The molecule has 4 N–H and O–H groups in total. The molecule has 0 aromatic heterocycles. The van der Waals surface area contributed by atoms with Gasteiger partial charge in [-0.25, -0.2) is 26.4 Å². The number of anilines is 4. The Hall–Kier alpha value is -6.36. The molecule has 0 aliphatic rings. The van der Waals surface area contributed by atoms with Gasteiger partial charge in [0.15, 0.2) is 0 Å². The van der Waals surface area contributed by atoms with Gasteiger partial charge in [0.1, 0.15) is 60.9 Å². The van der Waals surface area contributed by atoms with Gasteiger partial charge >= 0.3 is 12.2 Å². The Morgan fingerprint density at radius 3 is 1.23 bits per heavy atom. The highest BCUT2D eigenvalue weighted by Gasteiger charge is 2.16. The molecule has 0 fully saturated rings. The summed E-state index contributed by atoms with van der Waals surface area (Å²) in [5, 5.41) is 5.13. The van der Waals surface area contributed by atoms with Crippen LogP contribution in [0.5, 0.6) is 34.5 Å². The summed E-state index contributed by atoms with van der Waals surface area (Å²) < 4.78 is 107. The van der Waals surface area contributed by atoms with Crippen molar-refractivity contribution in [3.63, 3.8) is 0 Å². The van der Waals surface area contributed by atoms with Gasteiger partial charge in [-0.05, 0) is 60.7 Å². The van der Waals surface area contributed by atoms with Gasteiger partial charge in [0.05, 0.1) is 78.8 Å². The van der Waals surface area contributed by atoms with Gasteiger partial charge in [-0.1, -0.05) is 0 Å². The highest BCUT2D eigenvalue weighted by Crippen LogP contribution is 2.33. The Morgan fingerprint density at radius 2 is 0.871 bits per heavy atom. The molecule has 0 heterocycles. The van der Waals surface area contributed by atoms with E-state index in [2.05, 4.69) is 20.1 Å². The average Bonchev–Trinajstić information content (AvgIpc) is 3.23. The van der Waals surface area contributed by atoms with Crippen molar-refractivity contribution in [3.8, 4) is 34.5 Å². The van der Waals surface area contributed by atoms with E-state index in [0.717, 1.165) is 12.5 Å². The molecule has 338 valence electrons. The fraction of sp³-hybridized carbons (Fsp3) is 0.350. The van der Waals surface area contributed by atoms with Crippen LogP contribution in [0.4, 0.5) is 32.3 Å². The van der Waals surface area contributed by atoms with Gasteiger partial charge < -0.3 is 47.4 Å². The summed E-state index contributed by atoms with van der Waals surface area (Å²) in [6, 6.07) is 19.0. The predicted molar refractivity (Wildman–Crippen MR) is 229 cm³/mol. The lowest BCUT2D eigenvalue weighted by molar-refractivity contribution is 0.0179. The first-order chi connectivity index (χ1) is 29.6. The molecule has 2 amide bonds. The molecule has 22 heteroatoms. The third-order valence-electron chi connectivity index (χ3n) is 8.08. The Labute approximate surface area is 360 Å². The van der Waals surface area contributed by atoms with Gasteiger partial charge in [-0.15, -0.1) is 0 Å². The van der Waals surface area contributed by atoms with E-state index in [1.807, 2.05) is 0 Å². The zero-order chi connectivity index (χ0) is 45.1. The van der Waals surface area contributed by atoms with Crippen molar-refractivity contribution in [1.82, 2.24) is 0 Å². The van der Waals surface area contributed by atoms with Crippen molar-refractivity contribution in [2.45, 2.75) is 13.2 Å². The molecule has 0 aliphatic heterocycles. The summed E-state index contributed by atoms with van der Waals surface area (Å²) >= 11 is 0. The summed E-state index contributed by atoms with van der Waals surface area (Å²) in [5.74, 6) is 2.47. The second-order valence-electron chi connectivity index (χ2n) is 12.8. The molecule has 20 nitrogen and oxygen atoms in total. The topological polar surface area (TPSA) is 243 Å². The first-order valence-corrected chi connectivity index (χ1v) is 22.3. The smallest absolute Gasteiger partial charge is 0.411 e. The van der Waals surface area contributed by atoms with E-state index in [1.165, 1.54) is 64.8 Å². The van der Waals surface area contributed by atoms with E-state index in [0.29, 0.717) is 34.1 Å². The second kappa shape index (κ2) is 23.6. The van der Waals surface area contributed by atoms with Crippen LogP contribution in [0.2, 0.25) is 0 Å². The maximum Gasteiger partial charge on any atom is 0.411 e. The number of amides is 2. The number of hydrogen-bond donors (Lipinski definition) is 4. The zero-order valence-electron chi connectivity index (χ0n) is 34.9. The minimum Gasteiger partial charge on any atom is -0.497 e. The zero-order valence-corrected chi connectivity index (χ0v) is 36.6. The molecule has 0 saturated heterocycles. The van der Waals surface area contributed by atoms with Crippen LogP contribution in [0.1, 0.15) is 11.1 Å². The summed E-state index contributed by atoms with van der Waals surface area (Å²) in [6.45, 7) is 0.225. The molecule has 62 heavy (non-hydrogen) atoms. The van der Waals surface area contributed by atoms with E-state index < -0.39 is 32.2 Å². The van der Waals surface area contributed by atoms with Gasteiger partial charge in [0.25, 0.3) is 0 Å². The highest BCUT2D eigenvalue weighted by atomic mass is 32.2. The quantitative estimate of drug-likeness (QED) is 0.0604. The monoisotopic (exact) mass is 906 g/mol. The molecule has 4 aromatic carbocycles. The van der Waals surface area contributed by atoms with Crippen molar-refractivity contribution >= 4 is 55.0 Å². The van der Waals surface area contributed by atoms with Crippen molar-refractivity contribution in [3.05, 3.63) is 83.9 Å². The molecule has 0 radical (unpaired) electrons. The lowest BCUT2D eigenvalue weighted by Crippen LogP contribution is -2.19. The number of hydrogen-bond acceptors (Lipinski definition) is 16. The Bertz CT molecular complexity index is 2180. The summed E-state index contributed by atoms with van der Waals surface area (Å²) in [6.07, 6.45) is 0.426. The van der Waals surface area contributed by atoms with Crippen LogP contribution in [0.25, 0.3) is 0 Å². The van der Waals surface area contributed by atoms with Crippen molar-refractivity contribution in [1.29, 1.82) is 0 Å². The maximum atomic E-state index is 12.5. The number of nitrogens with one attached hydrogen (secondary N) is 4. The van der Waals surface area contributed by atoms with Gasteiger partial charge in [0, 0.05) is 34.6 Å². The van der Waals surface area contributed by atoms with Crippen LogP contribution in [0.15, 0.2) is 72.8 Å². The molecule has 4 aromatic rings. The lowest BCUT2D eigenvalue weighted by Gasteiger charge is -2.16. The fourth-order valence-electron chi connectivity index (χ4n) is 5.32. The molecular weight excluding hydrogens is 857 g/mol. The SMILES string of the molecule is COc1ccc(OC)c(COc2cc(NC(=O)OCCOCCOCCOC(=O)Nc3ccc(NS(C)(=O)=O)c(OCc4cc(OC)ccc4OC)c3)ccc2NS(C)(=O)=O)c1. The first-order valence-electron chi connectivity index (χ1n) is 18.5. The lowest BCUT2D eigenvalue weighted by atomic mass is 10.2. The van der Waals surface area contributed by atoms with Gasteiger partial charge in [0.2, 0.25) is 20.0 Å². The molecule has 0 unspecified atom stereocenters. The molecule has 0 aliphatic carbocycles. The third-order valence-corrected chi connectivity index (χ3v) is 9.26.